The van der Waals surface area contributed by atoms with Gasteiger partial charge < -0.3 is 11.1 Å². The Morgan fingerprint density at radius 1 is 1.25 bits per heavy atom. The quantitative estimate of drug-likeness (QED) is 0.685. The normalized spacial score (nSPS) is 6.83. The van der Waals surface area contributed by atoms with E-state index in [0.717, 1.165) is 6.42 Å². The van der Waals surface area contributed by atoms with Crippen LogP contribution in [0.2, 0.25) is 0 Å². The van der Waals surface area contributed by atoms with Crippen molar-refractivity contribution in [3.63, 3.8) is 0 Å². The summed E-state index contributed by atoms with van der Waals surface area (Å²) in [5.74, 6) is 0.0652. The van der Waals surface area contributed by atoms with Crippen LogP contribution in [0.3, 0.4) is 0 Å². The number of rotatable bonds is 3. The zero-order valence-corrected chi connectivity index (χ0v) is 9.11. The first kappa shape index (κ1) is 17.5. The molecule has 0 fully saturated rings. The number of carbonyl (C=O) groups excluding carboxylic acids is 1. The Morgan fingerprint density at radius 3 is 1.92 bits per heavy atom. The van der Waals surface area contributed by atoms with Gasteiger partial charge in [0.25, 0.3) is 0 Å². The van der Waals surface area contributed by atoms with Gasteiger partial charge in [0.05, 0.1) is 0 Å². The van der Waals surface area contributed by atoms with Gasteiger partial charge in [0.15, 0.2) is 0 Å². The lowest BCUT2D eigenvalue weighted by Gasteiger charge is -1.94. The van der Waals surface area contributed by atoms with Gasteiger partial charge >= 0.3 is 0 Å². The zero-order chi connectivity index (χ0) is 10.4. The Hall–Kier alpha value is -0.570. The number of carbonyl (C=O) groups is 1. The predicted molar refractivity (Wildman–Crippen MR) is 55.1 cm³/mol. The van der Waals surface area contributed by atoms with E-state index in [9.17, 15) is 4.79 Å². The van der Waals surface area contributed by atoms with E-state index in [-0.39, 0.29) is 5.91 Å². The van der Waals surface area contributed by atoms with Gasteiger partial charge in [-0.1, -0.05) is 27.7 Å². The second-order valence-corrected chi connectivity index (χ2v) is 1.57. The third-order valence-electron chi connectivity index (χ3n) is 0.887. The van der Waals surface area contributed by atoms with Gasteiger partial charge in [-0.3, -0.25) is 4.79 Å². The van der Waals surface area contributed by atoms with Crippen LogP contribution in [0.4, 0.5) is 0 Å². The van der Waals surface area contributed by atoms with Crippen molar-refractivity contribution < 1.29 is 4.79 Å². The molecule has 0 aromatic rings. The fourth-order valence-electron chi connectivity index (χ4n) is 0.388. The summed E-state index contributed by atoms with van der Waals surface area (Å²) in [5.41, 5.74) is 5.15. The topological polar surface area (TPSA) is 55.1 Å². The molecule has 76 valence electrons. The summed E-state index contributed by atoms with van der Waals surface area (Å²) in [6, 6.07) is 0. The average molecular weight is 176 g/mol. The number of nitrogens with two attached hydrogens (primary N) is 1. The molecule has 0 aromatic heterocycles. The zero-order valence-electron chi connectivity index (χ0n) is 9.11. The molecule has 3 heteroatoms. The van der Waals surface area contributed by atoms with Crippen LogP contribution >= 0.6 is 0 Å². The molecule has 0 aliphatic carbocycles. The number of amides is 1. The lowest BCUT2D eigenvalue weighted by Crippen LogP contribution is -2.18. The van der Waals surface area contributed by atoms with Crippen LogP contribution in [0.25, 0.3) is 0 Å². The van der Waals surface area contributed by atoms with Crippen LogP contribution in [0.1, 0.15) is 40.5 Å². The highest BCUT2D eigenvalue weighted by molar-refractivity contribution is 5.75. The predicted octanol–water partition coefficient (Wildman–Crippen LogP) is 1.52. The standard InChI is InChI=1S/C5H12N2O.2C2H6/c1-7-5(8)3-2-4-6;2*1-2/h2-4,6H2,1H3,(H,7,8);2*1-2H3. The molecule has 0 aliphatic rings. The van der Waals surface area contributed by atoms with Gasteiger partial charge in [-0.05, 0) is 13.0 Å². The first-order valence-electron chi connectivity index (χ1n) is 4.72. The van der Waals surface area contributed by atoms with Gasteiger partial charge in [-0.25, -0.2) is 0 Å². The van der Waals surface area contributed by atoms with E-state index in [1.165, 1.54) is 0 Å². The number of hydrogen-bond acceptors (Lipinski definition) is 2. The summed E-state index contributed by atoms with van der Waals surface area (Å²) in [5, 5.41) is 2.51. The van der Waals surface area contributed by atoms with E-state index < -0.39 is 0 Å². The Balaban J connectivity index is -0.000000175. The molecule has 0 rings (SSSR count). The highest BCUT2D eigenvalue weighted by atomic mass is 16.1. The third kappa shape index (κ3) is 22.7. The summed E-state index contributed by atoms with van der Waals surface area (Å²) < 4.78 is 0. The minimum atomic E-state index is 0.0652. The SMILES string of the molecule is CC.CC.CNC(=O)CCCN. The molecule has 0 heterocycles. The Labute approximate surface area is 76.7 Å². The molecule has 12 heavy (non-hydrogen) atoms. The van der Waals surface area contributed by atoms with Crippen molar-refractivity contribution >= 4 is 5.91 Å². The monoisotopic (exact) mass is 176 g/mol. The second kappa shape index (κ2) is 22.4. The van der Waals surface area contributed by atoms with E-state index in [1.54, 1.807) is 7.05 Å². The summed E-state index contributed by atoms with van der Waals surface area (Å²) in [7, 11) is 1.62. The van der Waals surface area contributed by atoms with Gasteiger partial charge in [0.2, 0.25) is 5.91 Å². The van der Waals surface area contributed by atoms with Crippen molar-refractivity contribution in [1.29, 1.82) is 0 Å². The maximum absolute atomic E-state index is 10.4. The number of hydrogen-bond donors (Lipinski definition) is 2. The molecule has 0 bridgehead atoms. The fraction of sp³-hybridized carbons (Fsp3) is 0.889. The molecule has 0 saturated carbocycles. The fourth-order valence-corrected chi connectivity index (χ4v) is 0.388. The summed E-state index contributed by atoms with van der Waals surface area (Å²) >= 11 is 0. The summed E-state index contributed by atoms with van der Waals surface area (Å²) in [4.78, 5) is 10.4. The van der Waals surface area contributed by atoms with Crippen molar-refractivity contribution in [2.75, 3.05) is 13.6 Å². The molecule has 0 spiro atoms. The first-order valence-corrected chi connectivity index (χ1v) is 4.72. The molecule has 3 nitrogen and oxygen atoms in total. The van der Waals surface area contributed by atoms with Crippen LogP contribution in [0, 0.1) is 0 Å². The minimum Gasteiger partial charge on any atom is -0.359 e. The van der Waals surface area contributed by atoms with Crippen molar-refractivity contribution in [2.45, 2.75) is 40.5 Å². The Bertz CT molecular complexity index is 74.9. The smallest absolute Gasteiger partial charge is 0.219 e. The maximum Gasteiger partial charge on any atom is 0.219 e. The number of nitrogens with one attached hydrogen (secondary N) is 1. The maximum atomic E-state index is 10.4. The molecule has 0 saturated heterocycles. The largest absolute Gasteiger partial charge is 0.359 e. The lowest BCUT2D eigenvalue weighted by atomic mass is 10.3. The van der Waals surface area contributed by atoms with Crippen LogP contribution in [0.15, 0.2) is 0 Å². The molecule has 0 aliphatic heterocycles. The molecule has 0 atom stereocenters. The Kier molecular flexibility index (Phi) is 32.7. The van der Waals surface area contributed by atoms with E-state index in [4.69, 9.17) is 5.73 Å². The van der Waals surface area contributed by atoms with Gasteiger partial charge in [0.1, 0.15) is 0 Å². The molecular weight excluding hydrogens is 152 g/mol. The van der Waals surface area contributed by atoms with E-state index in [0.29, 0.717) is 13.0 Å². The highest BCUT2D eigenvalue weighted by Gasteiger charge is 1.92. The van der Waals surface area contributed by atoms with Crippen LogP contribution in [0.5, 0.6) is 0 Å². The van der Waals surface area contributed by atoms with Crippen LogP contribution in [-0.2, 0) is 4.79 Å². The molecule has 0 radical (unpaired) electrons. The van der Waals surface area contributed by atoms with Gasteiger partial charge in [-0.2, -0.15) is 0 Å². The van der Waals surface area contributed by atoms with Crippen molar-refractivity contribution in [3.05, 3.63) is 0 Å². The van der Waals surface area contributed by atoms with Crippen molar-refractivity contribution in [2.24, 2.45) is 5.73 Å². The van der Waals surface area contributed by atoms with Crippen molar-refractivity contribution in [3.8, 4) is 0 Å². The summed E-state index contributed by atoms with van der Waals surface area (Å²) in [6.45, 7) is 8.59. The lowest BCUT2D eigenvalue weighted by molar-refractivity contribution is -0.120. The Morgan fingerprint density at radius 2 is 1.67 bits per heavy atom. The molecule has 0 unspecified atom stereocenters. The minimum absolute atomic E-state index is 0.0652. The molecular formula is C9H24N2O. The molecule has 0 aromatic carbocycles. The van der Waals surface area contributed by atoms with Crippen LogP contribution < -0.4 is 11.1 Å². The average Bonchev–Trinajstić information content (AvgIpc) is 2.20. The summed E-state index contributed by atoms with van der Waals surface area (Å²) in [6.07, 6.45) is 1.33. The van der Waals surface area contributed by atoms with Crippen molar-refractivity contribution in [1.82, 2.24) is 5.32 Å². The van der Waals surface area contributed by atoms with Gasteiger partial charge in [0, 0.05) is 13.5 Å². The van der Waals surface area contributed by atoms with Crippen LogP contribution in [-0.4, -0.2) is 19.5 Å². The van der Waals surface area contributed by atoms with E-state index >= 15 is 0 Å². The third-order valence-corrected chi connectivity index (χ3v) is 0.887. The van der Waals surface area contributed by atoms with Gasteiger partial charge in [-0.15, -0.1) is 0 Å². The second-order valence-electron chi connectivity index (χ2n) is 1.57. The highest BCUT2D eigenvalue weighted by Crippen LogP contribution is 1.82. The van der Waals surface area contributed by atoms with E-state index in [2.05, 4.69) is 5.32 Å². The molecule has 1 amide bonds. The van der Waals surface area contributed by atoms with E-state index in [1.807, 2.05) is 27.7 Å². The first-order chi connectivity index (χ1) is 5.81. The molecule has 3 N–H and O–H groups in total.